The SMILES string of the molecule is O=C(OC[C@H]1CCCO1)c1nc2ccccc2nc1Nc1cccc(F)c1. The van der Waals surface area contributed by atoms with Crippen LogP contribution in [-0.2, 0) is 9.47 Å². The summed E-state index contributed by atoms with van der Waals surface area (Å²) in [5.74, 6) is -0.768. The first-order valence-corrected chi connectivity index (χ1v) is 8.77. The third-order valence-electron chi connectivity index (χ3n) is 4.28. The molecule has 2 heterocycles. The highest BCUT2D eigenvalue weighted by Crippen LogP contribution is 2.23. The molecular formula is C20H18FN3O3. The van der Waals surface area contributed by atoms with Crippen molar-refractivity contribution >= 4 is 28.5 Å². The molecule has 0 amide bonds. The van der Waals surface area contributed by atoms with Gasteiger partial charge < -0.3 is 14.8 Å². The van der Waals surface area contributed by atoms with Crippen LogP contribution in [0.5, 0.6) is 0 Å². The van der Waals surface area contributed by atoms with Gasteiger partial charge in [-0.2, -0.15) is 0 Å². The van der Waals surface area contributed by atoms with Crippen molar-refractivity contribution in [1.29, 1.82) is 0 Å². The minimum Gasteiger partial charge on any atom is -0.458 e. The second kappa shape index (κ2) is 7.67. The van der Waals surface area contributed by atoms with Crippen molar-refractivity contribution in [3.8, 4) is 0 Å². The summed E-state index contributed by atoms with van der Waals surface area (Å²) in [6.07, 6.45) is 1.75. The molecule has 2 aromatic carbocycles. The summed E-state index contributed by atoms with van der Waals surface area (Å²) in [4.78, 5) is 21.5. The number of carbonyl (C=O) groups is 1. The zero-order valence-corrected chi connectivity index (χ0v) is 14.5. The zero-order valence-electron chi connectivity index (χ0n) is 14.5. The summed E-state index contributed by atoms with van der Waals surface area (Å²) >= 11 is 0. The van der Waals surface area contributed by atoms with E-state index in [0.29, 0.717) is 23.3 Å². The molecule has 7 heteroatoms. The minimum absolute atomic E-state index is 0.0518. The van der Waals surface area contributed by atoms with Crippen LogP contribution in [0, 0.1) is 5.82 Å². The van der Waals surface area contributed by atoms with Crippen LogP contribution in [0.1, 0.15) is 23.3 Å². The summed E-state index contributed by atoms with van der Waals surface area (Å²) in [7, 11) is 0. The van der Waals surface area contributed by atoms with Gasteiger partial charge in [-0.1, -0.05) is 18.2 Å². The average Bonchev–Trinajstić information content (AvgIpc) is 3.19. The number of hydrogen-bond donors (Lipinski definition) is 1. The number of ether oxygens (including phenoxy) is 2. The van der Waals surface area contributed by atoms with E-state index in [0.717, 1.165) is 12.8 Å². The highest BCUT2D eigenvalue weighted by Gasteiger charge is 2.22. The number of aromatic nitrogens is 2. The van der Waals surface area contributed by atoms with E-state index in [-0.39, 0.29) is 24.2 Å². The number of rotatable bonds is 5. The quantitative estimate of drug-likeness (QED) is 0.691. The van der Waals surface area contributed by atoms with Crippen LogP contribution < -0.4 is 5.32 Å². The van der Waals surface area contributed by atoms with E-state index in [1.165, 1.54) is 12.1 Å². The molecule has 1 atom stereocenters. The number of para-hydroxylation sites is 2. The predicted molar refractivity (Wildman–Crippen MR) is 98.5 cm³/mol. The van der Waals surface area contributed by atoms with Gasteiger partial charge in [0.15, 0.2) is 11.5 Å². The molecule has 3 aromatic rings. The second-order valence-corrected chi connectivity index (χ2v) is 6.28. The Morgan fingerprint density at radius 3 is 2.74 bits per heavy atom. The Hall–Kier alpha value is -3.06. The third kappa shape index (κ3) is 4.03. The molecule has 1 aliphatic rings. The average molecular weight is 367 g/mol. The maximum Gasteiger partial charge on any atom is 0.360 e. The molecule has 138 valence electrons. The fourth-order valence-electron chi connectivity index (χ4n) is 2.95. The molecule has 1 aliphatic heterocycles. The van der Waals surface area contributed by atoms with Crippen LogP contribution in [0.4, 0.5) is 15.9 Å². The lowest BCUT2D eigenvalue weighted by atomic mass is 10.2. The molecule has 0 bridgehead atoms. The molecule has 1 fully saturated rings. The first kappa shape index (κ1) is 17.4. The van der Waals surface area contributed by atoms with E-state index in [4.69, 9.17) is 9.47 Å². The predicted octanol–water partition coefficient (Wildman–Crippen LogP) is 3.85. The maximum atomic E-state index is 13.5. The van der Waals surface area contributed by atoms with Crippen molar-refractivity contribution in [2.45, 2.75) is 18.9 Å². The molecule has 1 aromatic heterocycles. The fraction of sp³-hybridized carbons (Fsp3) is 0.250. The number of hydrogen-bond acceptors (Lipinski definition) is 6. The number of fused-ring (bicyclic) bond motifs is 1. The summed E-state index contributed by atoms with van der Waals surface area (Å²) in [6.45, 7) is 0.858. The molecule has 0 spiro atoms. The van der Waals surface area contributed by atoms with Crippen molar-refractivity contribution < 1.29 is 18.7 Å². The van der Waals surface area contributed by atoms with Gasteiger partial charge in [0.05, 0.1) is 17.1 Å². The summed E-state index contributed by atoms with van der Waals surface area (Å²) in [5.41, 5.74) is 1.71. The number of halogens is 1. The third-order valence-corrected chi connectivity index (χ3v) is 4.28. The van der Waals surface area contributed by atoms with Gasteiger partial charge in [-0.3, -0.25) is 0 Å². The number of nitrogens with one attached hydrogen (secondary N) is 1. The van der Waals surface area contributed by atoms with E-state index < -0.39 is 11.8 Å². The molecule has 0 saturated carbocycles. The summed E-state index contributed by atoms with van der Waals surface area (Å²) in [6, 6.07) is 13.1. The van der Waals surface area contributed by atoms with Crippen molar-refractivity contribution in [2.24, 2.45) is 0 Å². The van der Waals surface area contributed by atoms with Crippen LogP contribution in [0.3, 0.4) is 0 Å². The van der Waals surface area contributed by atoms with E-state index >= 15 is 0 Å². The Morgan fingerprint density at radius 1 is 1.19 bits per heavy atom. The van der Waals surface area contributed by atoms with Crippen LogP contribution >= 0.6 is 0 Å². The molecule has 27 heavy (non-hydrogen) atoms. The normalized spacial score (nSPS) is 16.4. The topological polar surface area (TPSA) is 73.3 Å². The molecule has 1 saturated heterocycles. The first-order valence-electron chi connectivity index (χ1n) is 8.77. The largest absolute Gasteiger partial charge is 0.458 e. The Kier molecular flexibility index (Phi) is 4.93. The smallest absolute Gasteiger partial charge is 0.360 e. The molecule has 4 rings (SSSR count). The van der Waals surface area contributed by atoms with Crippen molar-refractivity contribution in [2.75, 3.05) is 18.5 Å². The number of nitrogens with zero attached hydrogens (tertiary/aromatic N) is 2. The van der Waals surface area contributed by atoms with Crippen molar-refractivity contribution in [3.05, 3.63) is 60.0 Å². The van der Waals surface area contributed by atoms with Crippen LogP contribution in [-0.4, -0.2) is 35.3 Å². The van der Waals surface area contributed by atoms with Crippen LogP contribution in [0.2, 0.25) is 0 Å². The Morgan fingerprint density at radius 2 is 2.00 bits per heavy atom. The lowest BCUT2D eigenvalue weighted by molar-refractivity contribution is 0.0157. The summed E-state index contributed by atoms with van der Waals surface area (Å²) < 4.78 is 24.4. The lowest BCUT2D eigenvalue weighted by Crippen LogP contribution is -2.19. The number of esters is 1. The highest BCUT2D eigenvalue weighted by molar-refractivity contribution is 5.96. The molecule has 6 nitrogen and oxygen atoms in total. The van der Waals surface area contributed by atoms with Gasteiger partial charge in [0.25, 0.3) is 0 Å². The molecule has 0 unspecified atom stereocenters. The molecular weight excluding hydrogens is 349 g/mol. The van der Waals surface area contributed by atoms with Gasteiger partial charge in [-0.15, -0.1) is 0 Å². The maximum absolute atomic E-state index is 13.5. The Labute approximate surface area is 155 Å². The number of benzene rings is 2. The van der Waals surface area contributed by atoms with Gasteiger partial charge >= 0.3 is 5.97 Å². The van der Waals surface area contributed by atoms with Gasteiger partial charge in [-0.25, -0.2) is 19.2 Å². The van der Waals surface area contributed by atoms with E-state index in [9.17, 15) is 9.18 Å². The molecule has 0 aliphatic carbocycles. The van der Waals surface area contributed by atoms with Gasteiger partial charge in [-0.05, 0) is 43.2 Å². The monoisotopic (exact) mass is 367 g/mol. The second-order valence-electron chi connectivity index (χ2n) is 6.28. The highest BCUT2D eigenvalue weighted by atomic mass is 19.1. The standard InChI is InChI=1S/C20H18FN3O3/c21-13-5-3-6-14(11-13)22-19-18(20(25)27-12-15-7-4-10-26-15)23-16-8-1-2-9-17(16)24-19/h1-3,5-6,8-9,11,15H,4,7,10,12H2,(H,22,24)/t15-/m1/s1. The number of carbonyl (C=O) groups excluding carboxylic acids is 1. The van der Waals surface area contributed by atoms with Crippen molar-refractivity contribution in [3.63, 3.8) is 0 Å². The van der Waals surface area contributed by atoms with E-state index in [1.54, 1.807) is 24.3 Å². The fourth-order valence-corrected chi connectivity index (χ4v) is 2.95. The number of anilines is 2. The Balaban J connectivity index is 1.64. The Bertz CT molecular complexity index is 974. The van der Waals surface area contributed by atoms with Gasteiger partial charge in [0, 0.05) is 12.3 Å². The lowest BCUT2D eigenvalue weighted by Gasteiger charge is -2.13. The van der Waals surface area contributed by atoms with Gasteiger partial charge in [0.2, 0.25) is 0 Å². The summed E-state index contributed by atoms with van der Waals surface area (Å²) in [5, 5.41) is 2.97. The van der Waals surface area contributed by atoms with E-state index in [2.05, 4.69) is 15.3 Å². The zero-order chi connectivity index (χ0) is 18.6. The van der Waals surface area contributed by atoms with Crippen molar-refractivity contribution in [1.82, 2.24) is 9.97 Å². The van der Waals surface area contributed by atoms with Gasteiger partial charge in [0.1, 0.15) is 12.4 Å². The minimum atomic E-state index is -0.595. The van der Waals surface area contributed by atoms with Crippen LogP contribution in [0.15, 0.2) is 48.5 Å². The van der Waals surface area contributed by atoms with Crippen LogP contribution in [0.25, 0.3) is 11.0 Å². The van der Waals surface area contributed by atoms with E-state index in [1.807, 2.05) is 12.1 Å². The molecule has 0 radical (unpaired) electrons. The first-order chi connectivity index (χ1) is 13.2. The molecule has 1 N–H and O–H groups in total.